The third-order valence-electron chi connectivity index (χ3n) is 3.97. The summed E-state index contributed by atoms with van der Waals surface area (Å²) in [7, 11) is 0. The lowest BCUT2D eigenvalue weighted by Gasteiger charge is -2.18. The van der Waals surface area contributed by atoms with Gasteiger partial charge in [-0.1, -0.05) is 26.0 Å². The minimum Gasteiger partial charge on any atom is -0.281 e. The Morgan fingerprint density at radius 2 is 1.75 bits per heavy atom. The van der Waals surface area contributed by atoms with Crippen LogP contribution >= 0.6 is 11.6 Å². The van der Waals surface area contributed by atoms with E-state index in [9.17, 15) is 4.79 Å². The standard InChI is InChI=1S/C10H13ClO/c1-9-5-3-4-6-10(9,2)7(9)8(11)12/h3-4,7H,5-6H2,1-2H3/t7?,9-,10+. The maximum absolute atomic E-state index is 11.1. The molecule has 1 unspecified atom stereocenters. The van der Waals surface area contributed by atoms with Crippen molar-refractivity contribution in [3.63, 3.8) is 0 Å². The van der Waals surface area contributed by atoms with Crippen LogP contribution in [0.1, 0.15) is 26.7 Å². The molecule has 2 aliphatic rings. The van der Waals surface area contributed by atoms with Gasteiger partial charge in [0.05, 0.1) is 0 Å². The zero-order valence-electron chi connectivity index (χ0n) is 7.43. The summed E-state index contributed by atoms with van der Waals surface area (Å²) >= 11 is 5.56. The first-order valence-electron chi connectivity index (χ1n) is 4.37. The van der Waals surface area contributed by atoms with Crippen molar-refractivity contribution >= 4 is 16.8 Å². The van der Waals surface area contributed by atoms with E-state index in [1.54, 1.807) is 0 Å². The molecule has 2 heteroatoms. The quantitative estimate of drug-likeness (QED) is 0.453. The molecule has 0 aromatic rings. The summed E-state index contributed by atoms with van der Waals surface area (Å²) < 4.78 is 0. The molecule has 1 nitrogen and oxygen atoms in total. The van der Waals surface area contributed by atoms with Gasteiger partial charge in [0.2, 0.25) is 5.24 Å². The number of allylic oxidation sites excluding steroid dienone is 2. The smallest absolute Gasteiger partial charge is 0.225 e. The lowest BCUT2D eigenvalue weighted by Crippen LogP contribution is -2.08. The number of hydrogen-bond donors (Lipinski definition) is 0. The molecule has 0 saturated heterocycles. The van der Waals surface area contributed by atoms with Crippen LogP contribution in [-0.2, 0) is 4.79 Å². The summed E-state index contributed by atoms with van der Waals surface area (Å²) in [5.74, 6) is 0.0849. The lowest BCUT2D eigenvalue weighted by molar-refractivity contribution is -0.113. The van der Waals surface area contributed by atoms with Gasteiger partial charge in [-0.2, -0.15) is 0 Å². The molecule has 0 radical (unpaired) electrons. The average Bonchev–Trinajstić information content (AvgIpc) is 2.47. The summed E-state index contributed by atoms with van der Waals surface area (Å²) in [6.45, 7) is 4.34. The minimum atomic E-state index is -0.149. The minimum absolute atomic E-state index is 0.0849. The van der Waals surface area contributed by atoms with Crippen LogP contribution in [0.25, 0.3) is 0 Å². The number of carbonyl (C=O) groups is 1. The predicted octanol–water partition coefficient (Wildman–Crippen LogP) is 2.74. The van der Waals surface area contributed by atoms with E-state index < -0.39 is 0 Å². The largest absolute Gasteiger partial charge is 0.281 e. The molecule has 66 valence electrons. The number of fused-ring (bicyclic) bond motifs is 1. The molecule has 0 aliphatic heterocycles. The van der Waals surface area contributed by atoms with E-state index in [1.807, 2.05) is 0 Å². The summed E-state index contributed by atoms with van der Waals surface area (Å²) in [6.07, 6.45) is 6.35. The molecular formula is C10H13ClO. The van der Waals surface area contributed by atoms with Crippen LogP contribution in [0.4, 0.5) is 0 Å². The van der Waals surface area contributed by atoms with E-state index in [0.29, 0.717) is 0 Å². The van der Waals surface area contributed by atoms with Gasteiger partial charge < -0.3 is 0 Å². The van der Waals surface area contributed by atoms with E-state index in [1.165, 1.54) is 0 Å². The molecule has 0 aromatic heterocycles. The second kappa shape index (κ2) is 2.14. The van der Waals surface area contributed by atoms with Crippen molar-refractivity contribution in [1.29, 1.82) is 0 Å². The number of rotatable bonds is 1. The fourth-order valence-electron chi connectivity index (χ4n) is 2.81. The van der Waals surface area contributed by atoms with Crippen LogP contribution in [0.5, 0.6) is 0 Å². The van der Waals surface area contributed by atoms with Crippen molar-refractivity contribution in [2.75, 3.05) is 0 Å². The zero-order valence-corrected chi connectivity index (χ0v) is 8.19. The molecule has 2 rings (SSSR count). The average molecular weight is 185 g/mol. The fourth-order valence-corrected chi connectivity index (χ4v) is 3.30. The Bertz CT molecular complexity index is 251. The van der Waals surface area contributed by atoms with Crippen LogP contribution in [0, 0.1) is 16.7 Å². The monoisotopic (exact) mass is 184 g/mol. The first kappa shape index (κ1) is 8.31. The van der Waals surface area contributed by atoms with Crippen molar-refractivity contribution < 1.29 is 4.79 Å². The van der Waals surface area contributed by atoms with Crippen molar-refractivity contribution in [3.8, 4) is 0 Å². The van der Waals surface area contributed by atoms with E-state index in [-0.39, 0.29) is 22.0 Å². The summed E-state index contributed by atoms with van der Waals surface area (Å²) in [6, 6.07) is 0. The highest BCUT2D eigenvalue weighted by Crippen LogP contribution is 2.74. The highest BCUT2D eigenvalue weighted by Gasteiger charge is 2.72. The van der Waals surface area contributed by atoms with Gasteiger partial charge in [0.1, 0.15) is 0 Å². The van der Waals surface area contributed by atoms with Crippen molar-refractivity contribution in [1.82, 2.24) is 0 Å². The number of carbonyl (C=O) groups excluding carboxylic acids is 1. The van der Waals surface area contributed by atoms with Gasteiger partial charge in [0.15, 0.2) is 0 Å². The second-order valence-corrected chi connectivity index (χ2v) is 4.82. The van der Waals surface area contributed by atoms with E-state index >= 15 is 0 Å². The fraction of sp³-hybridized carbons (Fsp3) is 0.700. The Balaban J connectivity index is 2.31. The van der Waals surface area contributed by atoms with E-state index in [0.717, 1.165) is 12.8 Å². The van der Waals surface area contributed by atoms with Gasteiger partial charge in [-0.05, 0) is 35.3 Å². The van der Waals surface area contributed by atoms with Gasteiger partial charge in [0, 0.05) is 5.92 Å². The summed E-state index contributed by atoms with van der Waals surface area (Å²) in [5.41, 5.74) is 0.307. The zero-order chi connectivity index (χ0) is 8.98. The molecule has 0 bridgehead atoms. The molecule has 12 heavy (non-hydrogen) atoms. The van der Waals surface area contributed by atoms with Gasteiger partial charge in [-0.25, -0.2) is 0 Å². The van der Waals surface area contributed by atoms with E-state index in [2.05, 4.69) is 26.0 Å². The topological polar surface area (TPSA) is 17.1 Å². The first-order valence-corrected chi connectivity index (χ1v) is 4.74. The third kappa shape index (κ3) is 0.731. The second-order valence-electron chi connectivity index (χ2n) is 4.45. The molecule has 0 heterocycles. The van der Waals surface area contributed by atoms with Crippen LogP contribution in [0.15, 0.2) is 12.2 Å². The van der Waals surface area contributed by atoms with Crippen molar-refractivity contribution in [2.45, 2.75) is 26.7 Å². The van der Waals surface area contributed by atoms with Crippen LogP contribution < -0.4 is 0 Å². The van der Waals surface area contributed by atoms with Gasteiger partial charge in [-0.15, -0.1) is 0 Å². The highest BCUT2D eigenvalue weighted by atomic mass is 35.5. The molecule has 2 aliphatic carbocycles. The summed E-state index contributed by atoms with van der Waals surface area (Å²) in [5, 5.41) is -0.149. The maximum Gasteiger partial charge on any atom is 0.225 e. The van der Waals surface area contributed by atoms with Gasteiger partial charge in [-0.3, -0.25) is 4.79 Å². The van der Waals surface area contributed by atoms with E-state index in [4.69, 9.17) is 11.6 Å². The Hall–Kier alpha value is -0.300. The molecular weight excluding hydrogens is 172 g/mol. The van der Waals surface area contributed by atoms with Crippen molar-refractivity contribution in [3.05, 3.63) is 12.2 Å². The molecule has 3 atom stereocenters. The van der Waals surface area contributed by atoms with Gasteiger partial charge in [0.25, 0.3) is 0 Å². The van der Waals surface area contributed by atoms with Gasteiger partial charge >= 0.3 is 0 Å². The number of hydrogen-bond acceptors (Lipinski definition) is 1. The SMILES string of the molecule is C[C@@]12CC=CC[C@]1(C)C2C(=O)Cl. The Morgan fingerprint density at radius 1 is 1.33 bits per heavy atom. The lowest BCUT2D eigenvalue weighted by atomic mass is 9.86. The van der Waals surface area contributed by atoms with Crippen LogP contribution in [0.2, 0.25) is 0 Å². The van der Waals surface area contributed by atoms with Crippen LogP contribution in [0.3, 0.4) is 0 Å². The molecule has 0 spiro atoms. The molecule has 1 fully saturated rings. The maximum atomic E-state index is 11.1. The van der Waals surface area contributed by atoms with Crippen molar-refractivity contribution in [2.24, 2.45) is 16.7 Å². The third-order valence-corrected chi connectivity index (χ3v) is 4.19. The first-order chi connectivity index (χ1) is 5.52. The highest BCUT2D eigenvalue weighted by molar-refractivity contribution is 6.64. The summed E-state index contributed by atoms with van der Waals surface area (Å²) in [4.78, 5) is 11.1. The molecule has 0 aromatic carbocycles. The Labute approximate surface area is 77.8 Å². The normalized spacial score (nSPS) is 50.1. The molecule has 1 saturated carbocycles. The Morgan fingerprint density at radius 3 is 2.08 bits per heavy atom. The Kier molecular flexibility index (Phi) is 1.48. The number of halogens is 1. The molecule has 0 N–H and O–H groups in total. The molecule has 0 amide bonds. The predicted molar refractivity (Wildman–Crippen MR) is 48.9 cm³/mol. The van der Waals surface area contributed by atoms with Crippen LogP contribution in [-0.4, -0.2) is 5.24 Å².